The molecule has 2 aliphatic heterocycles. The number of rotatable bonds is 12. The molecule has 6 unspecified atom stereocenters. The zero-order chi connectivity index (χ0) is 27.5. The Labute approximate surface area is 232 Å². The van der Waals surface area contributed by atoms with Crippen LogP contribution >= 0.6 is 0 Å². The van der Waals surface area contributed by atoms with Gasteiger partial charge in [-0.15, -0.1) is 0 Å². The zero-order valence-electron chi connectivity index (χ0n) is 23.5. The number of esters is 2. The second-order valence-electron chi connectivity index (χ2n) is 12.3. The average Bonchev–Trinajstić information content (AvgIpc) is 3.81. The van der Waals surface area contributed by atoms with E-state index in [-0.39, 0.29) is 42.5 Å². The van der Waals surface area contributed by atoms with Crippen LogP contribution in [-0.4, -0.2) is 35.3 Å². The molecule has 39 heavy (non-hydrogen) atoms. The summed E-state index contributed by atoms with van der Waals surface area (Å²) in [6, 6.07) is 19.3. The van der Waals surface area contributed by atoms with Gasteiger partial charge in [0, 0.05) is 0 Å². The number of ether oxygens (including phenoxy) is 4. The number of epoxide rings is 2. The lowest BCUT2D eigenvalue weighted by Gasteiger charge is -2.33. The van der Waals surface area contributed by atoms with Crippen LogP contribution in [0.1, 0.15) is 76.8 Å². The molecule has 3 aliphatic rings. The zero-order valence-corrected chi connectivity index (χ0v) is 23.5. The van der Waals surface area contributed by atoms with Gasteiger partial charge in [-0.1, -0.05) is 60.7 Å². The second kappa shape index (κ2) is 11.8. The van der Waals surface area contributed by atoms with Crippen molar-refractivity contribution in [2.24, 2.45) is 17.8 Å². The molecule has 0 radical (unpaired) electrons. The summed E-state index contributed by atoms with van der Waals surface area (Å²) in [5, 5.41) is 0. The first-order valence-corrected chi connectivity index (χ1v) is 14.5. The summed E-state index contributed by atoms with van der Waals surface area (Å²) in [5.41, 5.74) is 1.83. The fraction of sp³-hybridized carbons (Fsp3) is 0.576. The van der Waals surface area contributed by atoms with Crippen LogP contribution < -0.4 is 0 Å². The van der Waals surface area contributed by atoms with E-state index in [4.69, 9.17) is 18.9 Å². The molecule has 2 aromatic rings. The van der Waals surface area contributed by atoms with Crippen LogP contribution in [0.5, 0.6) is 0 Å². The Morgan fingerprint density at radius 3 is 1.87 bits per heavy atom. The van der Waals surface area contributed by atoms with E-state index in [0.717, 1.165) is 43.2 Å². The van der Waals surface area contributed by atoms with E-state index < -0.39 is 11.8 Å². The minimum Gasteiger partial charge on any atom is -0.461 e. The third kappa shape index (κ3) is 7.29. The fourth-order valence-corrected chi connectivity index (χ4v) is 6.15. The maximum Gasteiger partial charge on any atom is 0.310 e. The van der Waals surface area contributed by atoms with Crippen molar-refractivity contribution < 1.29 is 28.5 Å². The molecule has 0 amide bonds. The summed E-state index contributed by atoms with van der Waals surface area (Å²) >= 11 is 0. The molecule has 2 heterocycles. The highest BCUT2D eigenvalue weighted by atomic mass is 16.6. The predicted molar refractivity (Wildman–Crippen MR) is 147 cm³/mol. The van der Waals surface area contributed by atoms with Gasteiger partial charge in [0.05, 0.1) is 35.2 Å². The molecule has 6 nitrogen and oxygen atoms in total. The Morgan fingerprint density at radius 2 is 1.31 bits per heavy atom. The quantitative estimate of drug-likeness (QED) is 0.232. The second-order valence-corrected chi connectivity index (χ2v) is 12.3. The number of carbonyl (C=O) groups excluding carboxylic acids is 2. The monoisotopic (exact) mass is 534 g/mol. The van der Waals surface area contributed by atoms with Gasteiger partial charge in [-0.3, -0.25) is 9.59 Å². The van der Waals surface area contributed by atoms with Crippen LogP contribution in [0.15, 0.2) is 60.7 Å². The molecule has 1 saturated carbocycles. The molecule has 6 heteroatoms. The lowest BCUT2D eigenvalue weighted by Crippen LogP contribution is -2.37. The lowest BCUT2D eigenvalue weighted by atomic mass is 9.72. The molecule has 0 N–H and O–H groups in total. The Kier molecular flexibility index (Phi) is 8.43. The van der Waals surface area contributed by atoms with E-state index >= 15 is 0 Å². The van der Waals surface area contributed by atoms with Gasteiger partial charge in [0.25, 0.3) is 0 Å². The molecule has 1 aliphatic carbocycles. The summed E-state index contributed by atoms with van der Waals surface area (Å²) in [6.07, 6.45) is 6.81. The van der Waals surface area contributed by atoms with Crippen LogP contribution in [0.4, 0.5) is 0 Å². The molecule has 210 valence electrons. The molecule has 0 bridgehead atoms. The van der Waals surface area contributed by atoms with E-state index in [2.05, 4.69) is 20.8 Å². The largest absolute Gasteiger partial charge is 0.461 e. The molecule has 3 fully saturated rings. The molecular weight excluding hydrogens is 492 g/mol. The Morgan fingerprint density at radius 1 is 0.744 bits per heavy atom. The van der Waals surface area contributed by atoms with Crippen molar-refractivity contribution in [3.63, 3.8) is 0 Å². The number of carbonyl (C=O) groups is 2. The average molecular weight is 535 g/mol. The summed E-state index contributed by atoms with van der Waals surface area (Å²) in [5.74, 6) is -1.21. The SMILES string of the molecule is CC1(C)OC1CCC1(C)OC1CCC1CCC(C(=O)OCc2ccccc2)C(C(=O)OCc2ccccc2)C1. The van der Waals surface area contributed by atoms with E-state index in [1.165, 1.54) is 0 Å². The van der Waals surface area contributed by atoms with Crippen LogP contribution in [0.2, 0.25) is 0 Å². The molecule has 2 saturated heterocycles. The topological polar surface area (TPSA) is 77.7 Å². The first-order valence-electron chi connectivity index (χ1n) is 14.5. The summed E-state index contributed by atoms with van der Waals surface area (Å²) in [7, 11) is 0. The first-order chi connectivity index (χ1) is 18.7. The molecule has 5 rings (SSSR count). The number of hydrogen-bond donors (Lipinski definition) is 0. The fourth-order valence-electron chi connectivity index (χ4n) is 6.15. The summed E-state index contributed by atoms with van der Waals surface area (Å²) < 4.78 is 23.2. The molecular formula is C33H42O6. The predicted octanol–water partition coefficient (Wildman–Crippen LogP) is 6.40. The minimum absolute atomic E-state index is 0.0196. The van der Waals surface area contributed by atoms with Gasteiger partial charge in [0.15, 0.2) is 0 Å². The number of benzene rings is 2. The standard InChI is InChI=1S/C33H42O6/c1-32(2)28(38-32)18-19-33(3)29(39-33)17-15-23-14-16-26(30(34)36-21-24-10-6-4-7-11-24)27(20-23)31(35)37-22-25-12-8-5-9-13-25/h4-13,23,26-29H,14-22H2,1-3H3. The van der Waals surface area contributed by atoms with Gasteiger partial charge < -0.3 is 18.9 Å². The third-order valence-electron chi connectivity index (χ3n) is 8.95. The third-order valence-corrected chi connectivity index (χ3v) is 8.95. The van der Waals surface area contributed by atoms with Crippen molar-refractivity contribution in [1.29, 1.82) is 0 Å². The molecule has 2 aromatic carbocycles. The molecule has 0 aromatic heterocycles. The van der Waals surface area contributed by atoms with E-state index in [9.17, 15) is 9.59 Å². The van der Waals surface area contributed by atoms with E-state index in [0.29, 0.717) is 24.9 Å². The van der Waals surface area contributed by atoms with Crippen molar-refractivity contribution in [2.45, 2.75) is 102 Å². The highest BCUT2D eigenvalue weighted by molar-refractivity contribution is 5.82. The van der Waals surface area contributed by atoms with Gasteiger partial charge in [-0.05, 0) is 82.8 Å². The number of hydrogen-bond acceptors (Lipinski definition) is 6. The van der Waals surface area contributed by atoms with Crippen molar-refractivity contribution in [3.8, 4) is 0 Å². The maximum absolute atomic E-state index is 13.3. The van der Waals surface area contributed by atoms with Crippen molar-refractivity contribution >= 4 is 11.9 Å². The van der Waals surface area contributed by atoms with Crippen LogP contribution in [0.3, 0.4) is 0 Å². The van der Waals surface area contributed by atoms with Gasteiger partial charge in [-0.25, -0.2) is 0 Å². The van der Waals surface area contributed by atoms with Gasteiger partial charge in [0.1, 0.15) is 13.2 Å². The maximum atomic E-state index is 13.3. The highest BCUT2D eigenvalue weighted by Gasteiger charge is 2.55. The highest BCUT2D eigenvalue weighted by Crippen LogP contribution is 2.48. The van der Waals surface area contributed by atoms with Crippen molar-refractivity contribution in [2.75, 3.05) is 0 Å². The van der Waals surface area contributed by atoms with Crippen molar-refractivity contribution in [1.82, 2.24) is 0 Å². The molecule has 0 spiro atoms. The van der Waals surface area contributed by atoms with E-state index in [1.54, 1.807) is 0 Å². The van der Waals surface area contributed by atoms with Gasteiger partial charge in [0.2, 0.25) is 0 Å². The van der Waals surface area contributed by atoms with Gasteiger partial charge >= 0.3 is 11.9 Å². The van der Waals surface area contributed by atoms with Crippen LogP contribution in [0.25, 0.3) is 0 Å². The Balaban J connectivity index is 1.15. The van der Waals surface area contributed by atoms with E-state index in [1.807, 2.05) is 60.7 Å². The Hall–Kier alpha value is -2.70. The smallest absolute Gasteiger partial charge is 0.310 e. The van der Waals surface area contributed by atoms with Crippen LogP contribution in [-0.2, 0) is 41.8 Å². The normalized spacial score (nSPS) is 30.8. The Bertz CT molecular complexity index is 1120. The molecule has 6 atom stereocenters. The minimum atomic E-state index is -0.489. The summed E-state index contributed by atoms with van der Waals surface area (Å²) in [4.78, 5) is 26.4. The summed E-state index contributed by atoms with van der Waals surface area (Å²) in [6.45, 7) is 6.91. The lowest BCUT2D eigenvalue weighted by molar-refractivity contribution is -0.165. The van der Waals surface area contributed by atoms with Crippen molar-refractivity contribution in [3.05, 3.63) is 71.8 Å². The van der Waals surface area contributed by atoms with Gasteiger partial charge in [-0.2, -0.15) is 0 Å². The van der Waals surface area contributed by atoms with Crippen LogP contribution in [0, 0.1) is 17.8 Å². The first kappa shape index (κ1) is 27.9.